The monoisotopic (exact) mass is 395 g/mol. The van der Waals surface area contributed by atoms with E-state index in [1.54, 1.807) is 30.5 Å². The first-order chi connectivity index (χ1) is 12.1. The Morgan fingerprint density at radius 2 is 1.88 bits per heavy atom. The Morgan fingerprint density at radius 3 is 2.42 bits per heavy atom. The smallest absolute Gasteiger partial charge is 0.215 e. The van der Waals surface area contributed by atoms with E-state index >= 15 is 0 Å². The molecule has 140 valence electrons. The molecule has 0 spiro atoms. The third-order valence-electron chi connectivity index (χ3n) is 4.35. The SMILES string of the molecule is CC(=NO)c1ccc(S(=O)(=O)c2cc([C@@]3(C)COC(C)(C)O3)cs2)cc1. The van der Waals surface area contributed by atoms with Crippen molar-refractivity contribution in [2.75, 3.05) is 6.61 Å². The predicted octanol–water partition coefficient (Wildman–Crippen LogP) is 3.78. The number of oxime groups is 1. The standard InChI is InChI=1S/C18H21NO5S2/c1-12(19-20)13-5-7-15(8-6-13)26(21,22)16-9-14(10-25-16)18(4)11-23-17(2,3)24-18/h5-10,20H,11H2,1-4H3/t18-/m1/s1. The molecule has 8 heteroatoms. The van der Waals surface area contributed by atoms with Crippen molar-refractivity contribution < 1.29 is 23.1 Å². The highest BCUT2D eigenvalue weighted by molar-refractivity contribution is 7.93. The van der Waals surface area contributed by atoms with Crippen molar-refractivity contribution in [1.29, 1.82) is 0 Å². The van der Waals surface area contributed by atoms with Gasteiger partial charge in [-0.1, -0.05) is 17.3 Å². The highest BCUT2D eigenvalue weighted by Gasteiger charge is 2.44. The normalized spacial score (nSPS) is 23.3. The molecule has 0 saturated carbocycles. The third kappa shape index (κ3) is 3.42. The molecular formula is C18H21NO5S2. The van der Waals surface area contributed by atoms with Crippen molar-refractivity contribution in [1.82, 2.24) is 0 Å². The molecule has 1 N–H and O–H groups in total. The van der Waals surface area contributed by atoms with E-state index in [0.29, 0.717) is 17.9 Å². The van der Waals surface area contributed by atoms with Crippen LogP contribution in [0.3, 0.4) is 0 Å². The number of ether oxygens (including phenoxy) is 2. The Labute approximate surface area is 157 Å². The van der Waals surface area contributed by atoms with Crippen molar-refractivity contribution in [3.63, 3.8) is 0 Å². The Balaban J connectivity index is 1.91. The van der Waals surface area contributed by atoms with Crippen LogP contribution < -0.4 is 0 Å². The fraction of sp³-hybridized carbons (Fsp3) is 0.389. The summed E-state index contributed by atoms with van der Waals surface area (Å²) in [6.07, 6.45) is 0. The molecule has 26 heavy (non-hydrogen) atoms. The molecule has 0 aliphatic carbocycles. The highest BCUT2D eigenvalue weighted by atomic mass is 32.2. The first kappa shape index (κ1) is 19.0. The van der Waals surface area contributed by atoms with Crippen molar-refractivity contribution in [3.05, 3.63) is 46.8 Å². The van der Waals surface area contributed by atoms with Gasteiger partial charge in [0.15, 0.2) is 5.79 Å². The maximum Gasteiger partial charge on any atom is 0.215 e. The van der Waals surface area contributed by atoms with E-state index in [9.17, 15) is 8.42 Å². The second-order valence-electron chi connectivity index (χ2n) is 6.89. The summed E-state index contributed by atoms with van der Waals surface area (Å²) in [6, 6.07) is 7.92. The molecule has 1 saturated heterocycles. The summed E-state index contributed by atoms with van der Waals surface area (Å²) in [7, 11) is -3.63. The van der Waals surface area contributed by atoms with Crippen LogP contribution in [0.5, 0.6) is 0 Å². The zero-order valence-corrected chi connectivity index (χ0v) is 16.6. The summed E-state index contributed by atoms with van der Waals surface area (Å²) in [5, 5.41) is 13.7. The first-order valence-corrected chi connectivity index (χ1v) is 10.4. The Bertz CT molecular complexity index is 944. The number of benzene rings is 1. The third-order valence-corrected chi connectivity index (χ3v) is 7.56. The minimum absolute atomic E-state index is 0.189. The van der Waals surface area contributed by atoms with Gasteiger partial charge in [-0.3, -0.25) is 0 Å². The van der Waals surface area contributed by atoms with Crippen LogP contribution >= 0.6 is 11.3 Å². The number of sulfone groups is 1. The Kier molecular flexibility index (Phi) is 4.72. The number of thiophene rings is 1. The van der Waals surface area contributed by atoms with Gasteiger partial charge in [0.05, 0.1) is 17.2 Å². The number of nitrogens with zero attached hydrogens (tertiary/aromatic N) is 1. The lowest BCUT2D eigenvalue weighted by atomic mass is 10.0. The topological polar surface area (TPSA) is 85.2 Å². The molecule has 2 heterocycles. The van der Waals surface area contributed by atoms with Crippen LogP contribution in [0.1, 0.15) is 38.8 Å². The maximum atomic E-state index is 12.9. The molecule has 1 aromatic heterocycles. The second kappa shape index (κ2) is 6.45. The lowest BCUT2D eigenvalue weighted by Gasteiger charge is -2.24. The molecule has 1 aromatic carbocycles. The molecular weight excluding hydrogens is 374 g/mol. The van der Waals surface area contributed by atoms with E-state index in [4.69, 9.17) is 14.7 Å². The first-order valence-electron chi connectivity index (χ1n) is 8.05. The van der Waals surface area contributed by atoms with Crippen LogP contribution in [0.4, 0.5) is 0 Å². The van der Waals surface area contributed by atoms with Crippen molar-refractivity contribution in [2.24, 2.45) is 5.16 Å². The van der Waals surface area contributed by atoms with Gasteiger partial charge in [-0.05, 0) is 62.4 Å². The maximum absolute atomic E-state index is 12.9. The number of hydrogen-bond donors (Lipinski definition) is 1. The highest BCUT2D eigenvalue weighted by Crippen LogP contribution is 2.41. The summed E-state index contributed by atoms with van der Waals surface area (Å²) >= 11 is 1.16. The molecule has 1 aliphatic heterocycles. The van der Waals surface area contributed by atoms with Gasteiger partial charge >= 0.3 is 0 Å². The molecule has 0 bridgehead atoms. The summed E-state index contributed by atoms with van der Waals surface area (Å²) in [6.45, 7) is 7.57. The molecule has 1 atom stereocenters. The van der Waals surface area contributed by atoms with Crippen LogP contribution in [-0.2, 0) is 24.9 Å². The largest absolute Gasteiger partial charge is 0.411 e. The summed E-state index contributed by atoms with van der Waals surface area (Å²) in [5.74, 6) is -0.697. The molecule has 2 aromatic rings. The van der Waals surface area contributed by atoms with Crippen molar-refractivity contribution in [3.8, 4) is 0 Å². The minimum Gasteiger partial charge on any atom is -0.411 e. The van der Waals surface area contributed by atoms with Gasteiger partial charge in [0, 0.05) is 0 Å². The van der Waals surface area contributed by atoms with E-state index < -0.39 is 21.2 Å². The van der Waals surface area contributed by atoms with E-state index in [-0.39, 0.29) is 9.10 Å². The lowest BCUT2D eigenvalue weighted by molar-refractivity contribution is -0.159. The lowest BCUT2D eigenvalue weighted by Crippen LogP contribution is -2.27. The van der Waals surface area contributed by atoms with Crippen molar-refractivity contribution in [2.45, 2.75) is 48.2 Å². The zero-order valence-electron chi connectivity index (χ0n) is 15.0. The quantitative estimate of drug-likeness (QED) is 0.484. The number of rotatable bonds is 4. The van der Waals surface area contributed by atoms with Gasteiger partial charge in [-0.2, -0.15) is 0 Å². The Morgan fingerprint density at radius 1 is 1.23 bits per heavy atom. The zero-order chi connectivity index (χ0) is 19.2. The molecule has 6 nitrogen and oxygen atoms in total. The van der Waals surface area contributed by atoms with Gasteiger partial charge < -0.3 is 14.7 Å². The average Bonchev–Trinajstić information content (AvgIpc) is 3.20. The van der Waals surface area contributed by atoms with Crippen LogP contribution in [0, 0.1) is 0 Å². The molecule has 1 fully saturated rings. The van der Waals surface area contributed by atoms with Gasteiger partial charge in [-0.25, -0.2) is 8.42 Å². The Hall–Kier alpha value is -1.74. The minimum atomic E-state index is -3.63. The van der Waals surface area contributed by atoms with E-state index in [0.717, 1.165) is 16.9 Å². The fourth-order valence-electron chi connectivity index (χ4n) is 2.84. The predicted molar refractivity (Wildman–Crippen MR) is 98.7 cm³/mol. The van der Waals surface area contributed by atoms with E-state index in [2.05, 4.69) is 5.16 Å². The van der Waals surface area contributed by atoms with Crippen LogP contribution in [0.25, 0.3) is 0 Å². The summed E-state index contributed by atoms with van der Waals surface area (Å²) in [4.78, 5) is 0.189. The average molecular weight is 396 g/mol. The van der Waals surface area contributed by atoms with Crippen LogP contribution in [-0.4, -0.2) is 31.7 Å². The van der Waals surface area contributed by atoms with E-state index in [1.807, 2.05) is 20.8 Å². The van der Waals surface area contributed by atoms with E-state index in [1.165, 1.54) is 12.1 Å². The summed E-state index contributed by atoms with van der Waals surface area (Å²) < 4.78 is 37.7. The summed E-state index contributed by atoms with van der Waals surface area (Å²) in [5.41, 5.74) is 1.18. The van der Waals surface area contributed by atoms with Crippen LogP contribution in [0.2, 0.25) is 0 Å². The van der Waals surface area contributed by atoms with Gasteiger partial charge in [-0.15, -0.1) is 11.3 Å². The molecule has 0 unspecified atom stereocenters. The second-order valence-corrected chi connectivity index (χ2v) is 9.98. The molecule has 3 rings (SSSR count). The van der Waals surface area contributed by atoms with Gasteiger partial charge in [0.25, 0.3) is 0 Å². The number of hydrogen-bond acceptors (Lipinski definition) is 7. The van der Waals surface area contributed by atoms with Gasteiger partial charge in [0.2, 0.25) is 9.84 Å². The van der Waals surface area contributed by atoms with Gasteiger partial charge in [0.1, 0.15) is 9.81 Å². The van der Waals surface area contributed by atoms with Crippen molar-refractivity contribution >= 4 is 26.9 Å². The molecule has 0 amide bonds. The van der Waals surface area contributed by atoms with Crippen LogP contribution in [0.15, 0.2) is 50.0 Å². The fourth-order valence-corrected chi connectivity index (χ4v) is 5.54. The molecule has 0 radical (unpaired) electrons. The molecule has 1 aliphatic rings.